The van der Waals surface area contributed by atoms with Gasteiger partial charge in [0.15, 0.2) is 5.69 Å². The maximum Gasteiger partial charge on any atom is 0.356 e. The highest BCUT2D eigenvalue weighted by Gasteiger charge is 2.29. The molecule has 6 heteroatoms. The molecule has 1 aliphatic carbocycles. The summed E-state index contributed by atoms with van der Waals surface area (Å²) in [5.74, 6) is -0.653. The van der Waals surface area contributed by atoms with E-state index in [1.54, 1.807) is 6.20 Å². The number of carbonyl (C=O) groups is 1. The van der Waals surface area contributed by atoms with Crippen molar-refractivity contribution in [3.05, 3.63) is 28.7 Å². The first-order valence-electron chi connectivity index (χ1n) is 5.16. The van der Waals surface area contributed by atoms with Crippen LogP contribution in [0.3, 0.4) is 0 Å². The van der Waals surface area contributed by atoms with Crippen molar-refractivity contribution in [2.24, 2.45) is 11.7 Å². The normalized spacial score (nSPS) is 18.2. The van der Waals surface area contributed by atoms with Gasteiger partial charge in [-0.3, -0.25) is 5.10 Å². The number of nitrogens with two attached hydrogens (primary N) is 1. The zero-order valence-electron chi connectivity index (χ0n) is 9.66. The fourth-order valence-electron chi connectivity index (χ4n) is 1.99. The summed E-state index contributed by atoms with van der Waals surface area (Å²) >= 11 is 0. The summed E-state index contributed by atoms with van der Waals surface area (Å²) in [7, 11) is 0. The number of hydrogen-bond donors (Lipinski definition) is 4. The number of hydrogen-bond acceptors (Lipinski definition) is 4. The van der Waals surface area contributed by atoms with Crippen LogP contribution in [0.25, 0.3) is 0 Å². The fourth-order valence-corrected chi connectivity index (χ4v) is 1.99. The fraction of sp³-hybridized carbons (Fsp3) is 0.364. The van der Waals surface area contributed by atoms with E-state index in [4.69, 9.17) is 16.2 Å². The smallest absolute Gasteiger partial charge is 0.356 e. The molecule has 0 saturated carbocycles. The lowest BCUT2D eigenvalue weighted by atomic mass is 9.98. The van der Waals surface area contributed by atoms with Crippen LogP contribution in [-0.2, 0) is 12.8 Å². The van der Waals surface area contributed by atoms with Crippen LogP contribution in [0.5, 0.6) is 0 Å². The molecule has 1 heterocycles. The van der Waals surface area contributed by atoms with E-state index in [2.05, 4.69) is 16.9 Å². The van der Waals surface area contributed by atoms with E-state index in [-0.39, 0.29) is 5.69 Å². The first-order valence-corrected chi connectivity index (χ1v) is 5.16. The van der Waals surface area contributed by atoms with Gasteiger partial charge in [-0.2, -0.15) is 5.10 Å². The minimum Gasteiger partial charge on any atom is -0.476 e. The van der Waals surface area contributed by atoms with Crippen LogP contribution in [0.2, 0.25) is 0 Å². The Bertz CT molecular complexity index is 450. The second-order valence-corrected chi connectivity index (χ2v) is 3.85. The number of aromatic amines is 1. The van der Waals surface area contributed by atoms with Crippen LogP contribution in [0.15, 0.2) is 11.8 Å². The standard InChI is InChI=1S/C10H13N3O2.CH3N/c1-5(4-11)6-2-7-8(3-6)12-13-9(7)10(14)15;1-2/h4,6H,2-3,11H2,1H3,(H,12,13)(H,14,15);2H,1H2/b5-4+;. The molecule has 0 radical (unpaired) electrons. The van der Waals surface area contributed by atoms with E-state index in [1.165, 1.54) is 0 Å². The topological polar surface area (TPSA) is 116 Å². The van der Waals surface area contributed by atoms with E-state index in [1.807, 2.05) is 6.92 Å². The Kier molecular flexibility index (Phi) is 4.03. The third kappa shape index (κ3) is 2.35. The zero-order chi connectivity index (χ0) is 13.0. The summed E-state index contributed by atoms with van der Waals surface area (Å²) in [6, 6.07) is 0. The third-order valence-electron chi connectivity index (χ3n) is 2.96. The zero-order valence-corrected chi connectivity index (χ0v) is 9.66. The molecule has 0 spiro atoms. The average Bonchev–Trinajstić information content (AvgIpc) is 2.89. The van der Waals surface area contributed by atoms with Gasteiger partial charge in [-0.25, -0.2) is 4.79 Å². The first-order chi connectivity index (χ1) is 8.13. The monoisotopic (exact) mass is 236 g/mol. The molecule has 1 aliphatic rings. The van der Waals surface area contributed by atoms with E-state index in [9.17, 15) is 4.79 Å². The third-order valence-corrected chi connectivity index (χ3v) is 2.96. The van der Waals surface area contributed by atoms with Gasteiger partial charge in [0.2, 0.25) is 0 Å². The number of nitrogens with zero attached hydrogens (tertiary/aromatic N) is 1. The number of H-pyrrole nitrogens is 1. The molecular formula is C11H16N4O2. The van der Waals surface area contributed by atoms with Gasteiger partial charge in [-0.05, 0) is 38.6 Å². The van der Waals surface area contributed by atoms with Crippen LogP contribution < -0.4 is 5.73 Å². The SMILES string of the molecule is C/C(=C\N)C1Cc2[nH]nc(C(=O)O)c2C1.C=N. The number of rotatable bonds is 2. The Morgan fingerprint density at radius 3 is 2.82 bits per heavy atom. The molecule has 6 nitrogen and oxygen atoms in total. The maximum absolute atomic E-state index is 10.8. The second-order valence-electron chi connectivity index (χ2n) is 3.85. The Morgan fingerprint density at radius 2 is 2.29 bits per heavy atom. The van der Waals surface area contributed by atoms with E-state index in [0.717, 1.165) is 23.3 Å². The summed E-state index contributed by atoms with van der Waals surface area (Å²) < 4.78 is 0. The molecule has 92 valence electrons. The second kappa shape index (κ2) is 5.29. The van der Waals surface area contributed by atoms with E-state index >= 15 is 0 Å². The lowest BCUT2D eigenvalue weighted by molar-refractivity contribution is 0.0689. The molecule has 1 aromatic heterocycles. The molecule has 5 N–H and O–H groups in total. The van der Waals surface area contributed by atoms with Crippen LogP contribution >= 0.6 is 0 Å². The van der Waals surface area contributed by atoms with Crippen molar-refractivity contribution in [2.45, 2.75) is 19.8 Å². The van der Waals surface area contributed by atoms with Crippen LogP contribution in [0.1, 0.15) is 28.7 Å². The van der Waals surface area contributed by atoms with Crippen LogP contribution in [0, 0.1) is 11.3 Å². The predicted octanol–water partition coefficient (Wildman–Crippen LogP) is 0.951. The molecule has 1 unspecified atom stereocenters. The average molecular weight is 236 g/mol. The molecule has 1 atom stereocenters. The van der Waals surface area contributed by atoms with Crippen LogP contribution in [-0.4, -0.2) is 28.0 Å². The van der Waals surface area contributed by atoms with Crippen molar-refractivity contribution < 1.29 is 9.90 Å². The van der Waals surface area contributed by atoms with Crippen molar-refractivity contribution in [1.82, 2.24) is 10.2 Å². The number of fused-ring (bicyclic) bond motifs is 1. The van der Waals surface area contributed by atoms with Crippen molar-refractivity contribution in [3.63, 3.8) is 0 Å². The molecular weight excluding hydrogens is 220 g/mol. The molecule has 0 aliphatic heterocycles. The van der Waals surface area contributed by atoms with Crippen molar-refractivity contribution in [1.29, 1.82) is 5.41 Å². The summed E-state index contributed by atoms with van der Waals surface area (Å²) in [5.41, 5.74) is 8.45. The van der Waals surface area contributed by atoms with Crippen molar-refractivity contribution in [2.75, 3.05) is 0 Å². The minimum absolute atomic E-state index is 0.150. The molecule has 17 heavy (non-hydrogen) atoms. The molecule has 1 aromatic rings. The Hall–Kier alpha value is -2.11. The highest BCUT2D eigenvalue weighted by molar-refractivity contribution is 5.87. The van der Waals surface area contributed by atoms with Crippen molar-refractivity contribution >= 4 is 12.7 Å². The number of aromatic nitrogens is 2. The predicted molar refractivity (Wildman–Crippen MR) is 64.2 cm³/mol. The maximum atomic E-state index is 10.8. The first kappa shape index (κ1) is 13.0. The summed E-state index contributed by atoms with van der Waals surface area (Å²) in [6.45, 7) is 4.46. The number of aromatic carboxylic acids is 1. The molecule has 0 amide bonds. The minimum atomic E-state index is -0.970. The van der Waals surface area contributed by atoms with Gasteiger partial charge in [0, 0.05) is 11.3 Å². The van der Waals surface area contributed by atoms with Gasteiger partial charge in [-0.15, -0.1) is 0 Å². The molecule has 0 fully saturated rings. The summed E-state index contributed by atoms with van der Waals surface area (Å²) in [6.07, 6.45) is 3.10. The van der Waals surface area contributed by atoms with E-state index in [0.29, 0.717) is 12.3 Å². The summed E-state index contributed by atoms with van der Waals surface area (Å²) in [5, 5.41) is 21.0. The Morgan fingerprint density at radius 1 is 1.65 bits per heavy atom. The lowest BCUT2D eigenvalue weighted by Gasteiger charge is -2.08. The van der Waals surface area contributed by atoms with E-state index < -0.39 is 5.97 Å². The quantitative estimate of drug-likeness (QED) is 0.572. The van der Waals surface area contributed by atoms with Crippen LogP contribution in [0.4, 0.5) is 0 Å². The molecule has 0 bridgehead atoms. The van der Waals surface area contributed by atoms with Gasteiger partial charge in [0.1, 0.15) is 0 Å². The number of allylic oxidation sites excluding steroid dienone is 1. The number of nitrogens with one attached hydrogen (secondary N) is 2. The van der Waals surface area contributed by atoms with Gasteiger partial charge >= 0.3 is 5.97 Å². The lowest BCUT2D eigenvalue weighted by Crippen LogP contribution is -2.07. The van der Waals surface area contributed by atoms with Gasteiger partial charge in [0.05, 0.1) is 0 Å². The highest BCUT2D eigenvalue weighted by Crippen LogP contribution is 2.31. The van der Waals surface area contributed by atoms with Gasteiger partial charge in [0.25, 0.3) is 0 Å². The molecule has 2 rings (SSSR count). The van der Waals surface area contributed by atoms with Gasteiger partial charge < -0.3 is 16.2 Å². The molecule has 0 saturated heterocycles. The largest absolute Gasteiger partial charge is 0.476 e. The highest BCUT2D eigenvalue weighted by atomic mass is 16.4. The Balaban J connectivity index is 0.000000686. The van der Waals surface area contributed by atoms with Gasteiger partial charge in [-0.1, -0.05) is 5.57 Å². The Labute approximate surface area is 99.0 Å². The number of carboxylic acids is 1. The summed E-state index contributed by atoms with van der Waals surface area (Å²) in [4.78, 5) is 10.8. The number of carboxylic acid groups (broad SMARTS) is 1. The van der Waals surface area contributed by atoms with Crippen molar-refractivity contribution in [3.8, 4) is 0 Å². The molecule has 0 aromatic carbocycles.